The average Bonchev–Trinajstić information content (AvgIpc) is 2.39. The van der Waals surface area contributed by atoms with Gasteiger partial charge in [-0.1, -0.05) is 13.0 Å². The lowest BCUT2D eigenvalue weighted by Crippen LogP contribution is -2.22. The Morgan fingerprint density at radius 3 is 2.94 bits per heavy atom. The van der Waals surface area contributed by atoms with Crippen molar-refractivity contribution in [3.05, 3.63) is 30.9 Å². The molecule has 2 rings (SSSR count). The van der Waals surface area contributed by atoms with Crippen molar-refractivity contribution in [2.75, 3.05) is 26.3 Å². The first-order valence-electron chi connectivity index (χ1n) is 6.17. The second-order valence-electron chi connectivity index (χ2n) is 4.18. The van der Waals surface area contributed by atoms with Crippen molar-refractivity contribution < 1.29 is 9.47 Å². The van der Waals surface area contributed by atoms with E-state index in [0.717, 1.165) is 24.6 Å². The minimum absolute atomic E-state index is 0.507. The molecule has 98 valence electrons. The van der Waals surface area contributed by atoms with Gasteiger partial charge in [-0.3, -0.25) is 0 Å². The monoisotopic (exact) mass is 265 g/mol. The van der Waals surface area contributed by atoms with Crippen LogP contribution in [0, 0.1) is 0 Å². The summed E-state index contributed by atoms with van der Waals surface area (Å²) in [5.41, 5.74) is 0. The minimum atomic E-state index is 0.507. The molecule has 3 nitrogen and oxygen atoms in total. The first-order valence-corrected chi connectivity index (χ1v) is 7.05. The Bertz CT molecular complexity index is 409. The molecule has 1 N–H and O–H groups in total. The molecular weight excluding hydrogens is 246 g/mol. The molecule has 0 saturated heterocycles. The lowest BCUT2D eigenvalue weighted by atomic mass is 10.3. The second kappa shape index (κ2) is 6.71. The zero-order valence-corrected chi connectivity index (χ0v) is 11.5. The van der Waals surface area contributed by atoms with E-state index in [9.17, 15) is 0 Å². The fourth-order valence-electron chi connectivity index (χ4n) is 1.76. The predicted octanol–water partition coefficient (Wildman–Crippen LogP) is 2.71. The summed E-state index contributed by atoms with van der Waals surface area (Å²) in [6, 6.07) is 6.13. The maximum Gasteiger partial charge on any atom is 0.162 e. The first kappa shape index (κ1) is 13.3. The molecule has 1 heterocycles. The van der Waals surface area contributed by atoms with Crippen LogP contribution in [0.1, 0.15) is 6.92 Å². The van der Waals surface area contributed by atoms with Crippen LogP contribution in [0.4, 0.5) is 0 Å². The van der Waals surface area contributed by atoms with Crippen LogP contribution in [0.25, 0.3) is 0 Å². The van der Waals surface area contributed by atoms with Gasteiger partial charge in [-0.05, 0) is 18.2 Å². The van der Waals surface area contributed by atoms with Crippen molar-refractivity contribution in [2.45, 2.75) is 17.1 Å². The molecule has 4 heteroatoms. The summed E-state index contributed by atoms with van der Waals surface area (Å²) in [7, 11) is 0. The van der Waals surface area contributed by atoms with Gasteiger partial charge < -0.3 is 14.8 Å². The van der Waals surface area contributed by atoms with Gasteiger partial charge in [0, 0.05) is 23.2 Å². The van der Waals surface area contributed by atoms with Gasteiger partial charge in [-0.25, -0.2) is 0 Å². The summed E-state index contributed by atoms with van der Waals surface area (Å²) in [6.45, 7) is 8.99. The maximum absolute atomic E-state index is 5.58. The quantitative estimate of drug-likeness (QED) is 0.487. The fourth-order valence-corrected chi connectivity index (χ4v) is 2.75. The summed E-state index contributed by atoms with van der Waals surface area (Å²) in [5.74, 6) is 1.71. The molecule has 1 aliphatic rings. The Kier molecular flexibility index (Phi) is 4.96. The van der Waals surface area contributed by atoms with E-state index in [4.69, 9.17) is 9.47 Å². The Morgan fingerprint density at radius 1 is 1.39 bits per heavy atom. The number of rotatable bonds is 6. The highest BCUT2D eigenvalue weighted by atomic mass is 32.2. The molecule has 0 aromatic heterocycles. The molecule has 18 heavy (non-hydrogen) atoms. The molecular formula is C14H19NO2S. The smallest absolute Gasteiger partial charge is 0.162 e. The van der Waals surface area contributed by atoms with Crippen LogP contribution in [0.2, 0.25) is 0 Å². The highest BCUT2D eigenvalue weighted by Gasteiger charge is 2.13. The Hall–Kier alpha value is -1.13. The number of fused-ring (bicyclic) bond motifs is 1. The molecule has 1 unspecified atom stereocenters. The van der Waals surface area contributed by atoms with Crippen molar-refractivity contribution in [1.82, 2.24) is 5.32 Å². The van der Waals surface area contributed by atoms with E-state index in [1.54, 1.807) is 0 Å². The number of thioether (sulfide) groups is 1. The van der Waals surface area contributed by atoms with E-state index in [1.165, 1.54) is 4.90 Å². The van der Waals surface area contributed by atoms with E-state index in [0.29, 0.717) is 18.5 Å². The Labute approximate surface area is 113 Å². The highest BCUT2D eigenvalue weighted by Crippen LogP contribution is 2.35. The van der Waals surface area contributed by atoms with Crippen LogP contribution in [-0.4, -0.2) is 31.6 Å². The van der Waals surface area contributed by atoms with Gasteiger partial charge in [0.15, 0.2) is 11.5 Å². The van der Waals surface area contributed by atoms with Gasteiger partial charge in [0.25, 0.3) is 0 Å². The predicted molar refractivity (Wildman–Crippen MR) is 75.8 cm³/mol. The summed E-state index contributed by atoms with van der Waals surface area (Å²) in [4.78, 5) is 1.21. The number of nitrogens with one attached hydrogen (secondary N) is 1. The normalized spacial score (nSPS) is 15.2. The maximum atomic E-state index is 5.58. The lowest BCUT2D eigenvalue weighted by molar-refractivity contribution is 0.171. The third-order valence-electron chi connectivity index (χ3n) is 2.57. The van der Waals surface area contributed by atoms with Gasteiger partial charge in [0.2, 0.25) is 0 Å². The summed E-state index contributed by atoms with van der Waals surface area (Å²) >= 11 is 1.83. The van der Waals surface area contributed by atoms with Gasteiger partial charge in [-0.2, -0.15) is 0 Å². The van der Waals surface area contributed by atoms with E-state index in [2.05, 4.69) is 31.0 Å². The van der Waals surface area contributed by atoms with Gasteiger partial charge in [-0.15, -0.1) is 18.3 Å². The number of hydrogen-bond donors (Lipinski definition) is 1. The molecule has 1 aromatic carbocycles. The second-order valence-corrected chi connectivity index (χ2v) is 5.69. The van der Waals surface area contributed by atoms with Crippen molar-refractivity contribution in [3.8, 4) is 11.5 Å². The van der Waals surface area contributed by atoms with Crippen LogP contribution in [0.5, 0.6) is 11.5 Å². The number of ether oxygens (including phenoxy) is 2. The number of benzene rings is 1. The molecule has 0 spiro atoms. The van der Waals surface area contributed by atoms with Crippen LogP contribution in [0.3, 0.4) is 0 Å². The number of hydrogen-bond acceptors (Lipinski definition) is 4. The highest BCUT2D eigenvalue weighted by molar-refractivity contribution is 8.00. The molecule has 0 fully saturated rings. The van der Waals surface area contributed by atoms with E-state index in [1.807, 2.05) is 23.9 Å². The third kappa shape index (κ3) is 3.68. The molecule has 0 aliphatic carbocycles. The Balaban J connectivity index is 1.90. The first-order chi connectivity index (χ1) is 8.79. The zero-order chi connectivity index (χ0) is 12.8. The van der Waals surface area contributed by atoms with Crippen molar-refractivity contribution >= 4 is 11.8 Å². The minimum Gasteiger partial charge on any atom is -0.486 e. The third-order valence-corrected chi connectivity index (χ3v) is 3.67. The molecule has 1 atom stereocenters. The van der Waals surface area contributed by atoms with Crippen LogP contribution >= 0.6 is 11.8 Å². The molecule has 0 bridgehead atoms. The van der Waals surface area contributed by atoms with Crippen LogP contribution < -0.4 is 14.8 Å². The van der Waals surface area contributed by atoms with Gasteiger partial charge in [0.1, 0.15) is 13.2 Å². The topological polar surface area (TPSA) is 30.5 Å². The summed E-state index contributed by atoms with van der Waals surface area (Å²) < 4.78 is 11.1. The average molecular weight is 265 g/mol. The molecule has 0 amide bonds. The molecule has 0 saturated carbocycles. The van der Waals surface area contributed by atoms with Gasteiger partial charge in [0.05, 0.1) is 0 Å². The van der Waals surface area contributed by atoms with E-state index >= 15 is 0 Å². The molecule has 1 aromatic rings. The van der Waals surface area contributed by atoms with E-state index in [-0.39, 0.29) is 0 Å². The lowest BCUT2D eigenvalue weighted by Gasteiger charge is -2.19. The van der Waals surface area contributed by atoms with Gasteiger partial charge >= 0.3 is 0 Å². The molecule has 1 aliphatic heterocycles. The van der Waals surface area contributed by atoms with Crippen LogP contribution in [0.15, 0.2) is 35.7 Å². The molecule has 0 radical (unpaired) electrons. The fraction of sp³-hybridized carbons (Fsp3) is 0.429. The SMILES string of the molecule is C=CCNCC(C)Sc1ccc2c(c1)OCCO2. The standard InChI is InChI=1S/C14H19NO2S/c1-3-6-15-10-11(2)18-12-4-5-13-14(9-12)17-8-7-16-13/h3-5,9,11,15H,1,6-8,10H2,2H3. The summed E-state index contributed by atoms with van der Waals surface area (Å²) in [5, 5.41) is 3.83. The largest absolute Gasteiger partial charge is 0.486 e. The summed E-state index contributed by atoms with van der Waals surface area (Å²) in [6.07, 6.45) is 1.88. The Morgan fingerprint density at radius 2 is 2.17 bits per heavy atom. The van der Waals surface area contributed by atoms with E-state index < -0.39 is 0 Å². The van der Waals surface area contributed by atoms with Crippen molar-refractivity contribution in [3.63, 3.8) is 0 Å². The van der Waals surface area contributed by atoms with Crippen LogP contribution in [-0.2, 0) is 0 Å². The zero-order valence-electron chi connectivity index (χ0n) is 10.6. The van der Waals surface area contributed by atoms with Crippen molar-refractivity contribution in [1.29, 1.82) is 0 Å². The van der Waals surface area contributed by atoms with Crippen molar-refractivity contribution in [2.24, 2.45) is 0 Å².